The van der Waals surface area contributed by atoms with Gasteiger partial charge < -0.3 is 5.32 Å². The van der Waals surface area contributed by atoms with Gasteiger partial charge in [-0.1, -0.05) is 30.3 Å². The van der Waals surface area contributed by atoms with Gasteiger partial charge in [-0.3, -0.25) is 0 Å². The van der Waals surface area contributed by atoms with Crippen molar-refractivity contribution in [3.63, 3.8) is 0 Å². The van der Waals surface area contributed by atoms with Crippen molar-refractivity contribution in [2.24, 2.45) is 0 Å². The second-order valence-electron chi connectivity index (χ2n) is 5.67. The summed E-state index contributed by atoms with van der Waals surface area (Å²) < 4.78 is 15.2. The lowest BCUT2D eigenvalue weighted by Gasteiger charge is -2.14. The Labute approximate surface area is 135 Å². The number of aromatic nitrogens is 2. The Hall–Kier alpha value is -2.46. The minimum atomic E-state index is -0.204. The zero-order valence-corrected chi connectivity index (χ0v) is 13.3. The molecule has 118 valence electrons. The minimum absolute atomic E-state index is 0.135. The largest absolute Gasteiger partial charge is 0.306 e. The van der Waals surface area contributed by atoms with Gasteiger partial charge in [-0.15, -0.1) is 0 Å². The molecule has 0 aliphatic carbocycles. The summed E-state index contributed by atoms with van der Waals surface area (Å²) in [6, 6.07) is 16.9. The fourth-order valence-corrected chi connectivity index (χ4v) is 2.70. The highest BCUT2D eigenvalue weighted by molar-refractivity contribution is 5.35. The van der Waals surface area contributed by atoms with Gasteiger partial charge in [-0.2, -0.15) is 5.10 Å². The number of nitrogens with zero attached hydrogens (tertiary/aromatic N) is 2. The molecule has 0 aliphatic heterocycles. The van der Waals surface area contributed by atoms with Crippen molar-refractivity contribution in [1.82, 2.24) is 15.1 Å². The summed E-state index contributed by atoms with van der Waals surface area (Å²) in [6.45, 7) is 4.78. The Kier molecular flexibility index (Phi) is 4.53. The van der Waals surface area contributed by atoms with Crippen molar-refractivity contribution >= 4 is 0 Å². The third kappa shape index (κ3) is 3.48. The minimum Gasteiger partial charge on any atom is -0.306 e. The topological polar surface area (TPSA) is 29.9 Å². The molecule has 3 rings (SSSR count). The molecule has 0 saturated heterocycles. The summed E-state index contributed by atoms with van der Waals surface area (Å²) in [6.07, 6.45) is 1.89. The first-order valence-electron chi connectivity index (χ1n) is 7.73. The Balaban J connectivity index is 1.73. The quantitative estimate of drug-likeness (QED) is 0.766. The van der Waals surface area contributed by atoms with E-state index in [0.717, 1.165) is 22.5 Å². The molecule has 0 spiro atoms. The van der Waals surface area contributed by atoms with Gasteiger partial charge in [-0.05, 0) is 43.7 Å². The van der Waals surface area contributed by atoms with Gasteiger partial charge in [0, 0.05) is 23.8 Å². The van der Waals surface area contributed by atoms with Crippen LogP contribution in [0.2, 0.25) is 0 Å². The van der Waals surface area contributed by atoms with Crippen LogP contribution in [0, 0.1) is 12.7 Å². The van der Waals surface area contributed by atoms with Gasteiger partial charge in [0.1, 0.15) is 5.82 Å². The fourth-order valence-electron chi connectivity index (χ4n) is 2.70. The van der Waals surface area contributed by atoms with Crippen LogP contribution in [0.4, 0.5) is 4.39 Å². The molecule has 1 heterocycles. The average Bonchev–Trinajstić information content (AvgIpc) is 2.95. The van der Waals surface area contributed by atoms with E-state index in [9.17, 15) is 4.39 Å². The van der Waals surface area contributed by atoms with E-state index in [4.69, 9.17) is 0 Å². The van der Waals surface area contributed by atoms with Crippen LogP contribution in [0.15, 0.2) is 60.8 Å². The molecule has 1 aromatic heterocycles. The summed E-state index contributed by atoms with van der Waals surface area (Å²) in [5.41, 5.74) is 4.24. The van der Waals surface area contributed by atoms with E-state index in [2.05, 4.69) is 24.3 Å². The van der Waals surface area contributed by atoms with Crippen molar-refractivity contribution < 1.29 is 4.39 Å². The van der Waals surface area contributed by atoms with E-state index < -0.39 is 0 Å². The van der Waals surface area contributed by atoms with Crippen LogP contribution in [0.1, 0.15) is 29.8 Å². The Morgan fingerprint density at radius 1 is 1.13 bits per heavy atom. The van der Waals surface area contributed by atoms with Crippen molar-refractivity contribution in [3.8, 4) is 5.69 Å². The van der Waals surface area contributed by atoms with Gasteiger partial charge in [-0.25, -0.2) is 9.07 Å². The molecule has 0 aliphatic rings. The van der Waals surface area contributed by atoms with Crippen LogP contribution in [0.25, 0.3) is 5.69 Å². The predicted molar refractivity (Wildman–Crippen MR) is 90.0 cm³/mol. The Morgan fingerprint density at radius 2 is 1.91 bits per heavy atom. The number of para-hydroxylation sites is 1. The maximum absolute atomic E-state index is 13.2. The third-order valence-electron chi connectivity index (χ3n) is 4.02. The molecular formula is C19H20FN3. The number of halogens is 1. The maximum atomic E-state index is 13.2. The molecule has 1 unspecified atom stereocenters. The van der Waals surface area contributed by atoms with E-state index in [0.29, 0.717) is 6.54 Å². The highest BCUT2D eigenvalue weighted by Gasteiger charge is 2.13. The summed E-state index contributed by atoms with van der Waals surface area (Å²) in [7, 11) is 0. The second kappa shape index (κ2) is 6.75. The van der Waals surface area contributed by atoms with Crippen molar-refractivity contribution in [3.05, 3.63) is 83.4 Å². The predicted octanol–water partition coefficient (Wildman–Crippen LogP) is 4.17. The highest BCUT2D eigenvalue weighted by atomic mass is 19.1. The molecule has 1 atom stereocenters. The van der Waals surface area contributed by atoms with E-state index >= 15 is 0 Å². The zero-order chi connectivity index (χ0) is 16.2. The monoisotopic (exact) mass is 309 g/mol. The first kappa shape index (κ1) is 15.4. The van der Waals surface area contributed by atoms with Crippen LogP contribution in [-0.4, -0.2) is 9.78 Å². The number of nitrogens with one attached hydrogen (secondary N) is 1. The number of hydrogen-bond donors (Lipinski definition) is 1. The zero-order valence-electron chi connectivity index (χ0n) is 13.3. The number of hydrogen-bond acceptors (Lipinski definition) is 2. The third-order valence-corrected chi connectivity index (χ3v) is 4.02. The van der Waals surface area contributed by atoms with Crippen LogP contribution < -0.4 is 5.32 Å². The highest BCUT2D eigenvalue weighted by Crippen LogP contribution is 2.20. The van der Waals surface area contributed by atoms with Gasteiger partial charge in [0.15, 0.2) is 0 Å². The molecule has 0 fully saturated rings. The molecular weight excluding hydrogens is 289 g/mol. The van der Waals surface area contributed by atoms with Crippen molar-refractivity contribution in [2.75, 3.05) is 0 Å². The second-order valence-corrected chi connectivity index (χ2v) is 5.67. The van der Waals surface area contributed by atoms with Crippen molar-refractivity contribution in [2.45, 2.75) is 26.4 Å². The fraction of sp³-hybridized carbons (Fsp3) is 0.211. The SMILES string of the molecule is Cc1c(C(C)NCc2cccc(F)c2)cnn1-c1ccccc1. The van der Waals surface area contributed by atoms with Gasteiger partial charge >= 0.3 is 0 Å². The lowest BCUT2D eigenvalue weighted by atomic mass is 10.1. The normalized spacial score (nSPS) is 12.3. The standard InChI is InChI=1S/C19H20FN3/c1-14(21-12-16-7-6-8-17(20)11-16)19-13-22-23(15(19)2)18-9-4-3-5-10-18/h3-11,13-14,21H,12H2,1-2H3. The van der Waals surface area contributed by atoms with Crippen LogP contribution in [-0.2, 0) is 6.54 Å². The van der Waals surface area contributed by atoms with Crippen molar-refractivity contribution in [1.29, 1.82) is 0 Å². The summed E-state index contributed by atoms with van der Waals surface area (Å²) >= 11 is 0. The molecule has 3 nitrogen and oxygen atoms in total. The molecule has 1 N–H and O–H groups in total. The van der Waals surface area contributed by atoms with Crippen LogP contribution in [0.5, 0.6) is 0 Å². The molecule has 0 bridgehead atoms. The molecule has 4 heteroatoms. The van der Waals surface area contributed by atoms with Gasteiger partial charge in [0.2, 0.25) is 0 Å². The Bertz CT molecular complexity index is 780. The molecule has 2 aromatic carbocycles. The van der Waals surface area contributed by atoms with Crippen LogP contribution in [0.3, 0.4) is 0 Å². The van der Waals surface area contributed by atoms with Gasteiger partial charge in [0.05, 0.1) is 11.9 Å². The van der Waals surface area contributed by atoms with Gasteiger partial charge in [0.25, 0.3) is 0 Å². The molecule has 0 amide bonds. The maximum Gasteiger partial charge on any atom is 0.123 e. The first-order valence-corrected chi connectivity index (χ1v) is 7.73. The van der Waals surface area contributed by atoms with E-state index in [1.165, 1.54) is 6.07 Å². The summed E-state index contributed by atoms with van der Waals surface area (Å²) in [4.78, 5) is 0. The molecule has 23 heavy (non-hydrogen) atoms. The summed E-state index contributed by atoms with van der Waals surface area (Å²) in [5.74, 6) is -0.204. The number of benzene rings is 2. The van der Waals surface area contributed by atoms with E-state index in [1.54, 1.807) is 12.1 Å². The first-order chi connectivity index (χ1) is 11.1. The molecule has 0 saturated carbocycles. The smallest absolute Gasteiger partial charge is 0.123 e. The molecule has 0 radical (unpaired) electrons. The van der Waals surface area contributed by atoms with E-state index in [-0.39, 0.29) is 11.9 Å². The average molecular weight is 309 g/mol. The summed E-state index contributed by atoms with van der Waals surface area (Å²) in [5, 5.41) is 7.92. The van der Waals surface area contributed by atoms with E-state index in [1.807, 2.05) is 47.3 Å². The van der Waals surface area contributed by atoms with Crippen LogP contribution >= 0.6 is 0 Å². The lowest BCUT2D eigenvalue weighted by Crippen LogP contribution is -2.18. The Morgan fingerprint density at radius 3 is 2.65 bits per heavy atom. The lowest BCUT2D eigenvalue weighted by molar-refractivity contribution is 0.566. The number of rotatable bonds is 5. The molecule has 3 aromatic rings.